The van der Waals surface area contributed by atoms with Gasteiger partial charge in [0.25, 0.3) is 5.91 Å². The molecule has 0 radical (unpaired) electrons. The number of amides is 1. The molecule has 0 saturated carbocycles. The average molecular weight is 539 g/mol. The normalized spacial score (nSPS) is 12.1. The van der Waals surface area contributed by atoms with Crippen molar-refractivity contribution in [2.75, 3.05) is 19.4 Å². The van der Waals surface area contributed by atoms with E-state index in [1.165, 1.54) is 6.07 Å². The molecule has 4 rings (SSSR count). The van der Waals surface area contributed by atoms with Gasteiger partial charge < -0.3 is 10.2 Å². The molecule has 204 valence electrons. The first kappa shape index (κ1) is 27.6. The molecule has 0 aliphatic carbocycles. The van der Waals surface area contributed by atoms with Gasteiger partial charge in [0.05, 0.1) is 29.3 Å². The van der Waals surface area contributed by atoms with E-state index in [1.54, 1.807) is 59.0 Å². The molecule has 0 aliphatic rings. The molecule has 2 aromatic carbocycles. The summed E-state index contributed by atoms with van der Waals surface area (Å²) in [7, 11) is 5.37. The predicted molar refractivity (Wildman–Crippen MR) is 144 cm³/mol. The van der Waals surface area contributed by atoms with Crippen LogP contribution in [0.2, 0.25) is 0 Å². The van der Waals surface area contributed by atoms with Gasteiger partial charge in [-0.05, 0) is 49.7 Å². The smallest absolute Gasteiger partial charge is 0.366 e. The number of nitrogens with zero attached hydrogens (tertiary/aromatic N) is 7. The zero-order valence-corrected chi connectivity index (χ0v) is 22.5. The molecule has 2 aromatic heterocycles. The summed E-state index contributed by atoms with van der Waals surface area (Å²) in [5, 5.41) is 15.3. The molecule has 1 amide bonds. The second-order valence-electron chi connectivity index (χ2n) is 9.31. The number of hydrogen-bond acceptors (Lipinski definition) is 5. The summed E-state index contributed by atoms with van der Waals surface area (Å²) >= 11 is 0. The molecule has 0 atom stereocenters. The number of aryl methyl sites for hydroxylation is 2. The van der Waals surface area contributed by atoms with Crippen LogP contribution in [0.3, 0.4) is 0 Å². The molecule has 4 aromatic rings. The monoisotopic (exact) mass is 538 g/mol. The molecule has 2 heterocycles. The number of anilines is 1. The van der Waals surface area contributed by atoms with Crippen molar-refractivity contribution in [3.05, 3.63) is 71.2 Å². The molecule has 39 heavy (non-hydrogen) atoms. The molecule has 0 unspecified atom stereocenters. The third-order valence-corrected chi connectivity index (χ3v) is 6.32. The van der Waals surface area contributed by atoms with Crippen LogP contribution in [-0.4, -0.2) is 55.5 Å². The fourth-order valence-electron chi connectivity index (χ4n) is 4.01. The maximum Gasteiger partial charge on any atom is 0.416 e. The number of amidine groups is 1. The van der Waals surface area contributed by atoms with E-state index < -0.39 is 17.6 Å². The second-order valence-corrected chi connectivity index (χ2v) is 9.31. The molecule has 9 nitrogen and oxygen atoms in total. The van der Waals surface area contributed by atoms with Crippen LogP contribution >= 0.6 is 0 Å². The zero-order chi connectivity index (χ0) is 28.5. The highest BCUT2D eigenvalue weighted by atomic mass is 19.4. The van der Waals surface area contributed by atoms with Crippen molar-refractivity contribution >= 4 is 23.1 Å². The molecule has 0 fully saturated rings. The highest BCUT2D eigenvalue weighted by Gasteiger charge is 2.31. The number of hydrogen-bond donors (Lipinski definition) is 1. The number of aromatic nitrogens is 5. The van der Waals surface area contributed by atoms with Gasteiger partial charge in [-0.2, -0.15) is 18.3 Å². The summed E-state index contributed by atoms with van der Waals surface area (Å²) < 4.78 is 44.2. The minimum absolute atomic E-state index is 0.0139. The lowest BCUT2D eigenvalue weighted by Gasteiger charge is -2.16. The van der Waals surface area contributed by atoms with Crippen LogP contribution < -0.4 is 5.32 Å². The Kier molecular flexibility index (Phi) is 7.57. The first-order valence-electron chi connectivity index (χ1n) is 12.2. The number of aliphatic imine (C=N–C) groups is 1. The van der Waals surface area contributed by atoms with Crippen molar-refractivity contribution < 1.29 is 18.0 Å². The van der Waals surface area contributed by atoms with Crippen LogP contribution in [0.5, 0.6) is 0 Å². The Labute approximate surface area is 224 Å². The summed E-state index contributed by atoms with van der Waals surface area (Å²) in [5.41, 5.74) is 3.24. The minimum Gasteiger partial charge on any atom is -0.366 e. The Hall–Kier alpha value is -4.48. The number of carbonyl (C=O) groups excluding carboxylic acids is 1. The van der Waals surface area contributed by atoms with Gasteiger partial charge in [0.15, 0.2) is 0 Å². The molecule has 0 aliphatic heterocycles. The van der Waals surface area contributed by atoms with Crippen molar-refractivity contribution in [2.45, 2.75) is 33.4 Å². The number of halogens is 3. The van der Waals surface area contributed by atoms with Crippen LogP contribution in [0.1, 0.15) is 40.5 Å². The van der Waals surface area contributed by atoms with Gasteiger partial charge in [-0.1, -0.05) is 18.2 Å². The van der Waals surface area contributed by atoms with Crippen molar-refractivity contribution in [3.63, 3.8) is 0 Å². The summed E-state index contributed by atoms with van der Waals surface area (Å²) in [6.07, 6.45) is -0.637. The van der Waals surface area contributed by atoms with Gasteiger partial charge in [-0.25, -0.2) is 9.67 Å². The van der Waals surface area contributed by atoms with Gasteiger partial charge in [0.2, 0.25) is 0 Å². The highest BCUT2D eigenvalue weighted by Crippen LogP contribution is 2.35. The predicted octanol–water partition coefficient (Wildman–Crippen LogP) is 5.56. The Bertz CT molecular complexity index is 1550. The van der Waals surface area contributed by atoms with Gasteiger partial charge in [0.1, 0.15) is 11.5 Å². The number of nitrogens with one attached hydrogen (secondary N) is 1. The minimum atomic E-state index is -4.61. The van der Waals surface area contributed by atoms with Crippen LogP contribution in [-0.2, 0) is 13.2 Å². The van der Waals surface area contributed by atoms with Crippen molar-refractivity contribution in [3.8, 4) is 16.9 Å². The molecule has 0 saturated heterocycles. The van der Waals surface area contributed by atoms with Crippen LogP contribution in [0.25, 0.3) is 16.9 Å². The van der Waals surface area contributed by atoms with Gasteiger partial charge >= 0.3 is 6.18 Å². The van der Waals surface area contributed by atoms with E-state index in [-0.39, 0.29) is 16.9 Å². The first-order valence-corrected chi connectivity index (χ1v) is 12.2. The van der Waals surface area contributed by atoms with Crippen LogP contribution in [0.15, 0.2) is 53.8 Å². The van der Waals surface area contributed by atoms with E-state index in [2.05, 4.69) is 25.7 Å². The number of benzene rings is 2. The fourth-order valence-corrected chi connectivity index (χ4v) is 4.01. The average Bonchev–Trinajstić information content (AvgIpc) is 3.48. The second kappa shape index (κ2) is 10.7. The van der Waals surface area contributed by atoms with E-state index in [1.807, 2.05) is 27.8 Å². The summed E-state index contributed by atoms with van der Waals surface area (Å²) in [6, 6.07) is 8.24. The quantitative estimate of drug-likeness (QED) is 0.256. The lowest BCUT2D eigenvalue weighted by molar-refractivity contribution is -0.137. The van der Waals surface area contributed by atoms with Crippen molar-refractivity contribution in [2.24, 2.45) is 12.0 Å². The topological polar surface area (TPSA) is 93.2 Å². The number of rotatable bonds is 6. The Morgan fingerprint density at radius 3 is 2.49 bits per heavy atom. The Balaban J connectivity index is 1.66. The largest absolute Gasteiger partial charge is 0.416 e. The molecule has 0 bridgehead atoms. The van der Waals surface area contributed by atoms with Gasteiger partial charge in [-0.15, -0.1) is 5.10 Å². The molecule has 12 heteroatoms. The van der Waals surface area contributed by atoms with Crippen molar-refractivity contribution in [1.29, 1.82) is 0 Å². The third kappa shape index (κ3) is 6.00. The third-order valence-electron chi connectivity index (χ3n) is 6.32. The van der Waals surface area contributed by atoms with Crippen LogP contribution in [0, 0.1) is 13.8 Å². The maximum atomic E-state index is 13.6. The molecular weight excluding hydrogens is 509 g/mol. The van der Waals surface area contributed by atoms with E-state index >= 15 is 0 Å². The lowest BCUT2D eigenvalue weighted by Crippen LogP contribution is -2.20. The summed E-state index contributed by atoms with van der Waals surface area (Å²) in [5.74, 6) is 0.0285. The standard InChI is InChI=1S/C27H29F3N8O/c1-7-25(36(4)5)32-20-11-19(27(28,29)30)12-21(13-20)33-26(39)18-9-8-16(2)24(10-18)38-15-23(34-35-38)22-14-31-37(6)17(22)3/h8-15H,7H2,1-6H3,(H,33,39). The highest BCUT2D eigenvalue weighted by molar-refractivity contribution is 6.05. The summed E-state index contributed by atoms with van der Waals surface area (Å²) in [4.78, 5) is 19.2. The molecule has 1 N–H and O–H groups in total. The lowest BCUT2D eigenvalue weighted by atomic mass is 10.1. The van der Waals surface area contributed by atoms with E-state index in [0.29, 0.717) is 23.6 Å². The zero-order valence-electron chi connectivity index (χ0n) is 22.5. The van der Waals surface area contributed by atoms with E-state index in [4.69, 9.17) is 0 Å². The Morgan fingerprint density at radius 1 is 1.13 bits per heavy atom. The first-order chi connectivity index (χ1) is 18.4. The summed E-state index contributed by atoms with van der Waals surface area (Å²) in [6.45, 7) is 5.65. The van der Waals surface area contributed by atoms with Gasteiger partial charge in [-0.3, -0.25) is 9.48 Å². The fraction of sp³-hybridized carbons (Fsp3) is 0.296. The van der Waals surface area contributed by atoms with E-state index in [9.17, 15) is 18.0 Å². The molecular formula is C27H29F3N8O. The van der Waals surface area contributed by atoms with Crippen LogP contribution in [0.4, 0.5) is 24.5 Å². The van der Waals surface area contributed by atoms with E-state index in [0.717, 1.165) is 29.0 Å². The SMILES string of the molecule is CCC(=Nc1cc(NC(=O)c2ccc(C)c(-n3cc(-c4cnn(C)c4C)nn3)c2)cc(C(F)(F)F)c1)N(C)C. The Morgan fingerprint density at radius 2 is 1.87 bits per heavy atom. The maximum absolute atomic E-state index is 13.6. The number of alkyl halides is 3. The van der Waals surface area contributed by atoms with Gasteiger partial charge in [0, 0.05) is 50.1 Å². The molecule has 0 spiro atoms. The van der Waals surface area contributed by atoms with Crippen molar-refractivity contribution in [1.82, 2.24) is 29.7 Å². The number of carbonyl (C=O) groups is 1.